The van der Waals surface area contributed by atoms with Crippen LogP contribution in [0.5, 0.6) is 0 Å². The van der Waals surface area contributed by atoms with Gasteiger partial charge in [0.1, 0.15) is 0 Å². The molecule has 0 spiro atoms. The summed E-state index contributed by atoms with van der Waals surface area (Å²) >= 11 is 1.73. The lowest BCUT2D eigenvalue weighted by molar-refractivity contribution is 0.796. The maximum absolute atomic E-state index is 4.51. The third kappa shape index (κ3) is 2.91. The molecule has 0 aliphatic rings. The van der Waals surface area contributed by atoms with Gasteiger partial charge in [0.2, 0.25) is 0 Å². The van der Waals surface area contributed by atoms with E-state index in [2.05, 4.69) is 62.3 Å². The van der Waals surface area contributed by atoms with Gasteiger partial charge in [-0.15, -0.1) is 11.3 Å². The monoisotopic (exact) mass is 260 g/mol. The molecular weight excluding hydrogens is 240 g/mol. The van der Waals surface area contributed by atoms with Gasteiger partial charge in [-0.3, -0.25) is 0 Å². The van der Waals surface area contributed by atoms with Crippen LogP contribution in [-0.4, -0.2) is 11.5 Å². The van der Waals surface area contributed by atoms with Gasteiger partial charge in [-0.05, 0) is 37.8 Å². The SMILES string of the molecule is Cc1ccccc1C(C)CNc1nc(C)c(C)s1. The predicted octanol–water partition coefficient (Wildman–Crippen LogP) is 4.28. The standard InChI is InChI=1S/C15H20N2S/c1-10-7-5-6-8-14(10)11(2)9-16-15-17-12(3)13(4)18-15/h5-8,11H,9H2,1-4H3,(H,16,17). The van der Waals surface area contributed by atoms with Gasteiger partial charge in [-0.2, -0.15) is 0 Å². The molecule has 0 radical (unpaired) electrons. The Morgan fingerprint density at radius 1 is 1.22 bits per heavy atom. The van der Waals surface area contributed by atoms with Crippen molar-refractivity contribution in [1.82, 2.24) is 4.98 Å². The molecule has 1 heterocycles. The van der Waals surface area contributed by atoms with Gasteiger partial charge in [0, 0.05) is 11.4 Å². The van der Waals surface area contributed by atoms with Crippen LogP contribution < -0.4 is 5.32 Å². The molecule has 2 nitrogen and oxygen atoms in total. The van der Waals surface area contributed by atoms with Crippen molar-refractivity contribution in [2.75, 3.05) is 11.9 Å². The molecule has 0 saturated heterocycles. The first kappa shape index (κ1) is 13.1. The maximum Gasteiger partial charge on any atom is 0.183 e. The van der Waals surface area contributed by atoms with Crippen LogP contribution in [0.4, 0.5) is 5.13 Å². The average molecular weight is 260 g/mol. The number of aryl methyl sites for hydroxylation is 3. The topological polar surface area (TPSA) is 24.9 Å². The molecule has 96 valence electrons. The highest BCUT2D eigenvalue weighted by Crippen LogP contribution is 2.24. The van der Waals surface area contributed by atoms with Crippen LogP contribution >= 0.6 is 11.3 Å². The summed E-state index contributed by atoms with van der Waals surface area (Å²) in [5.41, 5.74) is 3.90. The summed E-state index contributed by atoms with van der Waals surface area (Å²) in [6.07, 6.45) is 0. The number of anilines is 1. The lowest BCUT2D eigenvalue weighted by Gasteiger charge is -2.14. The van der Waals surface area contributed by atoms with Crippen molar-refractivity contribution < 1.29 is 0 Å². The van der Waals surface area contributed by atoms with E-state index in [1.54, 1.807) is 11.3 Å². The minimum absolute atomic E-state index is 0.496. The van der Waals surface area contributed by atoms with Crippen LogP contribution in [0.15, 0.2) is 24.3 Å². The molecule has 1 unspecified atom stereocenters. The van der Waals surface area contributed by atoms with Gasteiger partial charge in [-0.1, -0.05) is 31.2 Å². The Hall–Kier alpha value is -1.35. The van der Waals surface area contributed by atoms with Crippen molar-refractivity contribution in [1.29, 1.82) is 0 Å². The van der Waals surface area contributed by atoms with Crippen LogP contribution in [0.1, 0.15) is 34.5 Å². The molecule has 0 saturated carbocycles. The van der Waals surface area contributed by atoms with Crippen LogP contribution in [-0.2, 0) is 0 Å². The molecule has 0 aliphatic heterocycles. The largest absolute Gasteiger partial charge is 0.361 e. The molecule has 0 aliphatic carbocycles. The lowest BCUT2D eigenvalue weighted by Crippen LogP contribution is -2.10. The maximum atomic E-state index is 4.51. The van der Waals surface area contributed by atoms with E-state index >= 15 is 0 Å². The summed E-state index contributed by atoms with van der Waals surface area (Å²) in [6, 6.07) is 8.58. The Labute approximate surface area is 113 Å². The lowest BCUT2D eigenvalue weighted by atomic mass is 9.97. The average Bonchev–Trinajstić information content (AvgIpc) is 2.66. The highest BCUT2D eigenvalue weighted by Gasteiger charge is 2.09. The molecule has 1 aromatic carbocycles. The van der Waals surface area contributed by atoms with E-state index in [0.717, 1.165) is 17.4 Å². The third-order valence-electron chi connectivity index (χ3n) is 3.31. The van der Waals surface area contributed by atoms with E-state index in [4.69, 9.17) is 0 Å². The molecule has 1 N–H and O–H groups in total. The molecule has 1 atom stereocenters. The van der Waals surface area contributed by atoms with Crippen molar-refractivity contribution in [3.8, 4) is 0 Å². The first-order chi connectivity index (χ1) is 8.58. The number of benzene rings is 1. The molecule has 1 aromatic heterocycles. The predicted molar refractivity (Wildman–Crippen MR) is 79.7 cm³/mol. The van der Waals surface area contributed by atoms with Crippen LogP contribution in [0, 0.1) is 20.8 Å². The molecule has 0 bridgehead atoms. The Morgan fingerprint density at radius 2 is 1.94 bits per heavy atom. The zero-order chi connectivity index (χ0) is 13.1. The van der Waals surface area contributed by atoms with E-state index in [0.29, 0.717) is 5.92 Å². The summed E-state index contributed by atoms with van der Waals surface area (Å²) in [7, 11) is 0. The fraction of sp³-hybridized carbons (Fsp3) is 0.400. The van der Waals surface area contributed by atoms with E-state index in [-0.39, 0.29) is 0 Å². The number of aromatic nitrogens is 1. The van der Waals surface area contributed by atoms with Gasteiger partial charge < -0.3 is 5.32 Å². The summed E-state index contributed by atoms with van der Waals surface area (Å²) in [5.74, 6) is 0.496. The smallest absolute Gasteiger partial charge is 0.183 e. The zero-order valence-corrected chi connectivity index (χ0v) is 12.3. The van der Waals surface area contributed by atoms with Gasteiger partial charge in [-0.25, -0.2) is 4.98 Å². The van der Waals surface area contributed by atoms with E-state index in [1.165, 1.54) is 16.0 Å². The van der Waals surface area contributed by atoms with Crippen molar-refractivity contribution >= 4 is 16.5 Å². The molecular formula is C15H20N2S. The highest BCUT2D eigenvalue weighted by molar-refractivity contribution is 7.15. The first-order valence-electron chi connectivity index (χ1n) is 6.31. The minimum Gasteiger partial charge on any atom is -0.361 e. The summed E-state index contributed by atoms with van der Waals surface area (Å²) in [4.78, 5) is 5.80. The van der Waals surface area contributed by atoms with E-state index in [9.17, 15) is 0 Å². The molecule has 0 fully saturated rings. The Balaban J connectivity index is 2.00. The van der Waals surface area contributed by atoms with Crippen LogP contribution in [0.2, 0.25) is 0 Å². The van der Waals surface area contributed by atoms with E-state index in [1.807, 2.05) is 0 Å². The van der Waals surface area contributed by atoms with Crippen molar-refractivity contribution in [2.24, 2.45) is 0 Å². The summed E-state index contributed by atoms with van der Waals surface area (Å²) in [5, 5.41) is 4.47. The highest BCUT2D eigenvalue weighted by atomic mass is 32.1. The molecule has 2 rings (SSSR count). The fourth-order valence-corrected chi connectivity index (χ4v) is 2.86. The molecule has 0 amide bonds. The second kappa shape index (κ2) is 5.53. The van der Waals surface area contributed by atoms with Crippen LogP contribution in [0.25, 0.3) is 0 Å². The molecule has 2 aromatic rings. The number of thiazole rings is 1. The Morgan fingerprint density at radius 3 is 2.56 bits per heavy atom. The number of nitrogens with one attached hydrogen (secondary N) is 1. The molecule has 18 heavy (non-hydrogen) atoms. The fourth-order valence-electron chi connectivity index (χ4n) is 2.04. The van der Waals surface area contributed by atoms with Crippen molar-refractivity contribution in [2.45, 2.75) is 33.6 Å². The Bertz CT molecular complexity index is 512. The summed E-state index contributed by atoms with van der Waals surface area (Å²) in [6.45, 7) is 9.52. The Kier molecular flexibility index (Phi) is 4.02. The second-order valence-corrected chi connectivity index (χ2v) is 6.00. The van der Waals surface area contributed by atoms with E-state index < -0.39 is 0 Å². The van der Waals surface area contributed by atoms with Crippen LogP contribution in [0.3, 0.4) is 0 Å². The van der Waals surface area contributed by atoms with Gasteiger partial charge in [0.25, 0.3) is 0 Å². The number of hydrogen-bond donors (Lipinski definition) is 1. The second-order valence-electron chi connectivity index (χ2n) is 4.80. The first-order valence-corrected chi connectivity index (χ1v) is 7.13. The van der Waals surface area contributed by atoms with Gasteiger partial charge in [0.05, 0.1) is 5.69 Å². The third-order valence-corrected chi connectivity index (χ3v) is 4.34. The number of hydrogen-bond acceptors (Lipinski definition) is 3. The van der Waals surface area contributed by atoms with Crippen molar-refractivity contribution in [3.05, 3.63) is 46.0 Å². The zero-order valence-electron chi connectivity index (χ0n) is 11.4. The molecule has 3 heteroatoms. The number of nitrogens with zero attached hydrogens (tertiary/aromatic N) is 1. The number of rotatable bonds is 4. The minimum atomic E-state index is 0.496. The quantitative estimate of drug-likeness (QED) is 0.887. The van der Waals surface area contributed by atoms with Gasteiger partial charge >= 0.3 is 0 Å². The van der Waals surface area contributed by atoms with Crippen molar-refractivity contribution in [3.63, 3.8) is 0 Å². The van der Waals surface area contributed by atoms with Gasteiger partial charge in [0.15, 0.2) is 5.13 Å². The summed E-state index contributed by atoms with van der Waals surface area (Å²) < 4.78 is 0. The normalized spacial score (nSPS) is 12.4.